The van der Waals surface area contributed by atoms with Crippen molar-refractivity contribution < 1.29 is 5.11 Å². The van der Waals surface area contributed by atoms with Gasteiger partial charge in [-0.15, -0.1) is 0 Å². The zero-order valence-corrected chi connectivity index (χ0v) is 15.9. The quantitative estimate of drug-likeness (QED) is 0.779. The highest BCUT2D eigenvalue weighted by Crippen LogP contribution is 2.19. The molecular formula is C19H25N5O3. The molecule has 2 N–H and O–H groups in total. The van der Waals surface area contributed by atoms with Crippen LogP contribution in [0.2, 0.25) is 0 Å². The van der Waals surface area contributed by atoms with Crippen LogP contribution in [0.15, 0.2) is 39.0 Å². The highest BCUT2D eigenvalue weighted by molar-refractivity contribution is 6.01. The molecule has 0 aliphatic carbocycles. The van der Waals surface area contributed by atoms with Gasteiger partial charge in [0.25, 0.3) is 5.56 Å². The summed E-state index contributed by atoms with van der Waals surface area (Å²) in [5, 5.41) is 17.3. The van der Waals surface area contributed by atoms with Crippen LogP contribution < -0.4 is 11.2 Å². The number of H-pyrrole nitrogens is 1. The van der Waals surface area contributed by atoms with Crippen molar-refractivity contribution in [3.05, 3.63) is 56.2 Å². The molecule has 0 atom stereocenters. The average molecular weight is 371 g/mol. The first-order valence-corrected chi connectivity index (χ1v) is 9.07. The summed E-state index contributed by atoms with van der Waals surface area (Å²) >= 11 is 0. The van der Waals surface area contributed by atoms with Gasteiger partial charge >= 0.3 is 5.69 Å². The highest BCUT2D eigenvalue weighted by Gasteiger charge is 2.21. The molecule has 0 unspecified atom stereocenters. The molecule has 1 aliphatic rings. The lowest BCUT2D eigenvalue weighted by atomic mass is 10.1. The molecule has 0 bridgehead atoms. The van der Waals surface area contributed by atoms with E-state index < -0.39 is 11.2 Å². The van der Waals surface area contributed by atoms with Crippen molar-refractivity contribution in [2.75, 3.05) is 33.2 Å². The SMILES string of the molecule is CCC(=NN1CCN(C)CC1)c1c(O)n(-c2ccc(C)cc2)c(=O)[nH]c1=O. The lowest BCUT2D eigenvalue weighted by Crippen LogP contribution is -2.42. The Balaban J connectivity index is 2.09. The summed E-state index contributed by atoms with van der Waals surface area (Å²) in [5.74, 6) is -0.387. The van der Waals surface area contributed by atoms with Gasteiger partial charge in [0.1, 0.15) is 5.56 Å². The van der Waals surface area contributed by atoms with Crippen LogP contribution in [0.4, 0.5) is 0 Å². The van der Waals surface area contributed by atoms with Gasteiger partial charge in [-0.25, -0.2) is 9.36 Å². The molecule has 3 rings (SSSR count). The maximum absolute atomic E-state index is 12.5. The fourth-order valence-corrected chi connectivity index (χ4v) is 3.08. The normalized spacial score (nSPS) is 16.0. The van der Waals surface area contributed by atoms with E-state index in [9.17, 15) is 14.7 Å². The number of nitrogens with one attached hydrogen (secondary N) is 1. The summed E-state index contributed by atoms with van der Waals surface area (Å²) in [6, 6.07) is 7.12. The number of aromatic hydroxyl groups is 1. The molecule has 27 heavy (non-hydrogen) atoms. The van der Waals surface area contributed by atoms with Gasteiger partial charge in [0, 0.05) is 26.2 Å². The first kappa shape index (κ1) is 18.9. The second-order valence-corrected chi connectivity index (χ2v) is 6.79. The van der Waals surface area contributed by atoms with Crippen molar-refractivity contribution in [3.8, 4) is 11.6 Å². The highest BCUT2D eigenvalue weighted by atomic mass is 16.3. The molecule has 8 nitrogen and oxygen atoms in total. The molecule has 0 radical (unpaired) electrons. The molecule has 1 aromatic carbocycles. The van der Waals surface area contributed by atoms with Gasteiger partial charge in [-0.1, -0.05) is 24.6 Å². The van der Waals surface area contributed by atoms with Crippen molar-refractivity contribution in [1.29, 1.82) is 0 Å². The number of aromatic amines is 1. The number of nitrogens with zero attached hydrogens (tertiary/aromatic N) is 4. The Morgan fingerprint density at radius 2 is 1.78 bits per heavy atom. The summed E-state index contributed by atoms with van der Waals surface area (Å²) < 4.78 is 1.10. The van der Waals surface area contributed by atoms with E-state index in [4.69, 9.17) is 0 Å². The van der Waals surface area contributed by atoms with E-state index in [-0.39, 0.29) is 11.4 Å². The second kappa shape index (κ2) is 7.79. The molecule has 1 aliphatic heterocycles. The van der Waals surface area contributed by atoms with Crippen LogP contribution in [0.5, 0.6) is 5.88 Å². The van der Waals surface area contributed by atoms with Crippen LogP contribution in [0, 0.1) is 6.92 Å². The number of hydrogen-bond donors (Lipinski definition) is 2. The molecule has 1 aromatic heterocycles. The number of piperazine rings is 1. The standard InChI is InChI=1S/C19H25N5O3/c1-4-15(21-23-11-9-22(3)10-12-23)16-17(25)20-19(27)24(18(16)26)14-7-5-13(2)6-8-14/h5-8,26H,4,9-12H2,1-3H3,(H,20,25,27). The largest absolute Gasteiger partial charge is 0.493 e. The van der Waals surface area contributed by atoms with Crippen LogP contribution in [0.25, 0.3) is 5.69 Å². The Labute approximate surface area is 157 Å². The number of benzene rings is 1. The maximum Gasteiger partial charge on any atom is 0.335 e. The lowest BCUT2D eigenvalue weighted by molar-refractivity contribution is 0.159. The summed E-state index contributed by atoms with van der Waals surface area (Å²) in [5.41, 5.74) is 0.698. The van der Waals surface area contributed by atoms with Crippen molar-refractivity contribution in [2.45, 2.75) is 20.3 Å². The van der Waals surface area contributed by atoms with E-state index in [0.717, 1.165) is 36.3 Å². The fourth-order valence-electron chi connectivity index (χ4n) is 3.08. The number of rotatable bonds is 4. The minimum Gasteiger partial charge on any atom is -0.493 e. The Morgan fingerprint density at radius 1 is 1.15 bits per heavy atom. The fraction of sp³-hybridized carbons (Fsp3) is 0.421. The van der Waals surface area contributed by atoms with Gasteiger partial charge in [-0.3, -0.25) is 14.8 Å². The van der Waals surface area contributed by atoms with E-state index >= 15 is 0 Å². The van der Waals surface area contributed by atoms with E-state index in [0.29, 0.717) is 17.8 Å². The summed E-state index contributed by atoms with van der Waals surface area (Å²) in [4.78, 5) is 29.3. The van der Waals surface area contributed by atoms with Gasteiger partial charge in [-0.05, 0) is 32.5 Å². The molecule has 2 aromatic rings. The Hall–Kier alpha value is -2.87. The minimum atomic E-state index is -0.680. The van der Waals surface area contributed by atoms with E-state index in [1.165, 1.54) is 0 Å². The molecule has 0 amide bonds. The maximum atomic E-state index is 12.5. The second-order valence-electron chi connectivity index (χ2n) is 6.79. The van der Waals surface area contributed by atoms with Gasteiger partial charge in [0.05, 0.1) is 11.4 Å². The lowest BCUT2D eigenvalue weighted by Gasteiger charge is -2.31. The van der Waals surface area contributed by atoms with Crippen molar-refractivity contribution in [3.63, 3.8) is 0 Å². The van der Waals surface area contributed by atoms with Crippen LogP contribution >= 0.6 is 0 Å². The van der Waals surface area contributed by atoms with Crippen molar-refractivity contribution >= 4 is 5.71 Å². The van der Waals surface area contributed by atoms with Crippen LogP contribution in [-0.4, -0.2) is 63.5 Å². The van der Waals surface area contributed by atoms with Gasteiger partial charge in [0.2, 0.25) is 5.88 Å². The third-order valence-electron chi connectivity index (χ3n) is 4.74. The summed E-state index contributed by atoms with van der Waals surface area (Å²) in [7, 11) is 2.05. The summed E-state index contributed by atoms with van der Waals surface area (Å²) in [6.45, 7) is 7.06. The topological polar surface area (TPSA) is 93.9 Å². The first-order chi connectivity index (χ1) is 12.9. The summed E-state index contributed by atoms with van der Waals surface area (Å²) in [6.07, 6.45) is 0.453. The van der Waals surface area contributed by atoms with Crippen LogP contribution in [0.3, 0.4) is 0 Å². The smallest absolute Gasteiger partial charge is 0.335 e. The Bertz CT molecular complexity index is 951. The monoisotopic (exact) mass is 371 g/mol. The molecule has 2 heterocycles. The van der Waals surface area contributed by atoms with E-state index in [1.807, 2.05) is 31.0 Å². The number of hydrogen-bond acceptors (Lipinski definition) is 6. The zero-order valence-electron chi connectivity index (χ0n) is 15.9. The Morgan fingerprint density at radius 3 is 2.37 bits per heavy atom. The Kier molecular flexibility index (Phi) is 5.46. The number of likely N-dealkylation sites (N-methyl/N-ethyl adjacent to an activating group) is 1. The van der Waals surface area contributed by atoms with Crippen molar-refractivity contribution in [1.82, 2.24) is 19.5 Å². The van der Waals surface area contributed by atoms with Gasteiger partial charge < -0.3 is 10.0 Å². The number of aromatic nitrogens is 2. The number of aryl methyl sites for hydroxylation is 1. The predicted octanol–water partition coefficient (Wildman–Crippen LogP) is 0.901. The van der Waals surface area contributed by atoms with Crippen molar-refractivity contribution in [2.24, 2.45) is 5.10 Å². The minimum absolute atomic E-state index is 0.0385. The van der Waals surface area contributed by atoms with Gasteiger partial charge in [-0.2, -0.15) is 5.10 Å². The molecule has 144 valence electrons. The number of hydrazone groups is 1. The van der Waals surface area contributed by atoms with E-state index in [2.05, 4.69) is 22.0 Å². The average Bonchev–Trinajstić information content (AvgIpc) is 2.63. The molecule has 0 spiro atoms. The van der Waals surface area contributed by atoms with Crippen LogP contribution in [-0.2, 0) is 0 Å². The first-order valence-electron chi connectivity index (χ1n) is 9.07. The van der Waals surface area contributed by atoms with E-state index in [1.54, 1.807) is 12.1 Å². The third kappa shape index (κ3) is 3.95. The molecule has 1 saturated heterocycles. The molecule has 8 heteroatoms. The molecule has 1 fully saturated rings. The molecule has 0 saturated carbocycles. The molecular weight excluding hydrogens is 346 g/mol. The predicted molar refractivity (Wildman–Crippen MR) is 105 cm³/mol. The van der Waals surface area contributed by atoms with Gasteiger partial charge in [0.15, 0.2) is 0 Å². The van der Waals surface area contributed by atoms with Crippen LogP contribution in [0.1, 0.15) is 24.5 Å². The third-order valence-corrected chi connectivity index (χ3v) is 4.74. The zero-order chi connectivity index (χ0) is 19.6.